The molecule has 0 aliphatic carbocycles. The summed E-state index contributed by atoms with van der Waals surface area (Å²) in [5.74, 6) is 0.257. The van der Waals surface area contributed by atoms with E-state index < -0.39 is 6.04 Å². The van der Waals surface area contributed by atoms with Crippen molar-refractivity contribution in [3.05, 3.63) is 59.3 Å². The zero-order valence-electron chi connectivity index (χ0n) is 13.3. The Morgan fingerprint density at radius 2 is 2.20 bits per heavy atom. The van der Waals surface area contributed by atoms with Crippen LogP contribution in [0.25, 0.3) is 0 Å². The molecule has 1 atom stereocenters. The maximum Gasteiger partial charge on any atom is 0.229 e. The Morgan fingerprint density at radius 1 is 1.36 bits per heavy atom. The number of halogens is 2. The zero-order chi connectivity index (χ0) is 17.8. The summed E-state index contributed by atoms with van der Waals surface area (Å²) in [4.78, 5) is 8.42. The molecule has 3 rings (SSSR count). The van der Waals surface area contributed by atoms with Gasteiger partial charge in [-0.15, -0.1) is 0 Å². The molecule has 1 unspecified atom stereocenters. The second-order valence-electron chi connectivity index (χ2n) is 5.35. The summed E-state index contributed by atoms with van der Waals surface area (Å²) in [6.07, 6.45) is 4.85. The van der Waals surface area contributed by atoms with Gasteiger partial charge in [-0.25, -0.2) is 9.37 Å². The lowest BCUT2D eigenvalue weighted by atomic mass is 10.1. The van der Waals surface area contributed by atoms with Gasteiger partial charge in [0.25, 0.3) is 0 Å². The number of aryl methyl sites for hydroxylation is 1. The molecular weight excluding hydrogens is 347 g/mol. The van der Waals surface area contributed by atoms with Gasteiger partial charge in [0, 0.05) is 13.2 Å². The number of nitrogens with zero attached hydrogens (tertiary/aromatic N) is 4. The van der Waals surface area contributed by atoms with Gasteiger partial charge in [-0.1, -0.05) is 23.7 Å². The van der Waals surface area contributed by atoms with E-state index in [0.29, 0.717) is 17.3 Å². The van der Waals surface area contributed by atoms with Crippen LogP contribution in [0.2, 0.25) is 5.02 Å². The van der Waals surface area contributed by atoms with E-state index in [9.17, 15) is 9.50 Å². The van der Waals surface area contributed by atoms with Crippen LogP contribution in [0.15, 0.2) is 42.9 Å². The fourth-order valence-electron chi connectivity index (χ4n) is 2.27. The molecule has 3 N–H and O–H groups in total. The number of hydrogen-bond donors (Lipinski definition) is 3. The summed E-state index contributed by atoms with van der Waals surface area (Å²) in [7, 11) is 1.80. The topological polar surface area (TPSA) is 87.9 Å². The number of rotatable bonds is 6. The fourth-order valence-corrected chi connectivity index (χ4v) is 2.41. The molecule has 0 aliphatic rings. The van der Waals surface area contributed by atoms with Crippen molar-refractivity contribution in [3.63, 3.8) is 0 Å². The van der Waals surface area contributed by atoms with Gasteiger partial charge in [-0.05, 0) is 17.7 Å². The van der Waals surface area contributed by atoms with Crippen molar-refractivity contribution in [1.82, 2.24) is 19.7 Å². The lowest BCUT2D eigenvalue weighted by Crippen LogP contribution is -2.16. The summed E-state index contributed by atoms with van der Waals surface area (Å²) >= 11 is 6.14. The van der Waals surface area contributed by atoms with Crippen LogP contribution in [0.1, 0.15) is 11.6 Å². The molecule has 0 saturated carbocycles. The van der Waals surface area contributed by atoms with Crippen LogP contribution in [-0.2, 0) is 7.05 Å². The minimum absolute atomic E-state index is 0.255. The van der Waals surface area contributed by atoms with Crippen molar-refractivity contribution in [3.8, 4) is 0 Å². The molecule has 0 aliphatic heterocycles. The number of anilines is 3. The van der Waals surface area contributed by atoms with Crippen LogP contribution in [0.5, 0.6) is 0 Å². The summed E-state index contributed by atoms with van der Waals surface area (Å²) in [6.45, 7) is -0.255. The minimum Gasteiger partial charge on any atom is -0.394 e. The van der Waals surface area contributed by atoms with Gasteiger partial charge < -0.3 is 15.7 Å². The summed E-state index contributed by atoms with van der Waals surface area (Å²) in [5, 5.41) is 20.0. The van der Waals surface area contributed by atoms with Crippen molar-refractivity contribution < 1.29 is 9.50 Å². The Morgan fingerprint density at radius 3 is 2.88 bits per heavy atom. The summed E-state index contributed by atoms with van der Waals surface area (Å²) in [5.41, 5.74) is 1.30. The third-order valence-corrected chi connectivity index (χ3v) is 3.73. The Kier molecular flexibility index (Phi) is 5.11. The molecule has 130 valence electrons. The molecule has 1 aromatic carbocycles. The first-order chi connectivity index (χ1) is 12.0. The lowest BCUT2D eigenvalue weighted by Gasteiger charge is -2.18. The average molecular weight is 363 g/mol. The van der Waals surface area contributed by atoms with Gasteiger partial charge in [0.1, 0.15) is 10.8 Å². The van der Waals surface area contributed by atoms with E-state index in [2.05, 4.69) is 25.7 Å². The highest BCUT2D eigenvalue weighted by molar-refractivity contribution is 6.32. The third kappa shape index (κ3) is 4.23. The first kappa shape index (κ1) is 17.1. The van der Waals surface area contributed by atoms with E-state index in [-0.39, 0.29) is 17.4 Å². The smallest absolute Gasteiger partial charge is 0.229 e. The zero-order valence-corrected chi connectivity index (χ0v) is 14.1. The lowest BCUT2D eigenvalue weighted by molar-refractivity contribution is 0.276. The number of nitrogens with one attached hydrogen (secondary N) is 2. The Hall–Kier alpha value is -2.71. The van der Waals surface area contributed by atoms with E-state index >= 15 is 0 Å². The third-order valence-electron chi connectivity index (χ3n) is 3.45. The molecule has 0 radical (unpaired) electrons. The van der Waals surface area contributed by atoms with E-state index in [1.54, 1.807) is 36.3 Å². The van der Waals surface area contributed by atoms with Crippen LogP contribution < -0.4 is 10.6 Å². The molecule has 0 spiro atoms. The average Bonchev–Trinajstić information content (AvgIpc) is 3.00. The molecule has 0 bridgehead atoms. The molecular formula is C16H16ClFN6O. The van der Waals surface area contributed by atoms with E-state index in [1.807, 2.05) is 0 Å². The quantitative estimate of drug-likeness (QED) is 0.625. The number of aliphatic hydroxyl groups excluding tert-OH is 1. The van der Waals surface area contributed by atoms with Gasteiger partial charge in [0.15, 0.2) is 5.82 Å². The normalized spacial score (nSPS) is 12.0. The number of aliphatic hydroxyl groups is 1. The summed E-state index contributed by atoms with van der Waals surface area (Å²) in [6, 6.07) is 5.41. The molecule has 0 saturated heterocycles. The number of hydrogen-bond acceptors (Lipinski definition) is 6. The standard InChI is InChI=1S/C16H16ClFN6O/c1-24-8-12(6-20-24)21-16-19-7-13(17)15(23-16)22-14(9-25)10-3-2-4-11(18)5-10/h2-8,14,25H,9H2,1H3,(H2,19,21,22,23). The second kappa shape index (κ2) is 7.45. The predicted octanol–water partition coefficient (Wildman–Crippen LogP) is 2.89. The Labute approximate surface area is 148 Å². The maximum absolute atomic E-state index is 13.4. The van der Waals surface area contributed by atoms with Crippen molar-refractivity contribution >= 4 is 29.1 Å². The second-order valence-corrected chi connectivity index (χ2v) is 5.76. The van der Waals surface area contributed by atoms with Crippen molar-refractivity contribution in [2.45, 2.75) is 6.04 Å². The van der Waals surface area contributed by atoms with Crippen LogP contribution in [0, 0.1) is 5.82 Å². The summed E-state index contributed by atoms with van der Waals surface area (Å²) < 4.78 is 15.1. The molecule has 0 fully saturated rings. The SMILES string of the molecule is Cn1cc(Nc2ncc(Cl)c(NC(CO)c3cccc(F)c3)n2)cn1. The Bertz CT molecular complexity index is 871. The molecule has 25 heavy (non-hydrogen) atoms. The highest BCUT2D eigenvalue weighted by atomic mass is 35.5. The molecule has 0 amide bonds. The van der Waals surface area contributed by atoms with Crippen LogP contribution in [0.4, 0.5) is 21.8 Å². The molecule has 9 heteroatoms. The monoisotopic (exact) mass is 362 g/mol. The highest BCUT2D eigenvalue weighted by Crippen LogP contribution is 2.26. The van der Waals surface area contributed by atoms with Crippen molar-refractivity contribution in [2.24, 2.45) is 7.05 Å². The molecule has 3 aromatic rings. The van der Waals surface area contributed by atoms with E-state index in [4.69, 9.17) is 11.6 Å². The molecule has 7 nitrogen and oxygen atoms in total. The van der Waals surface area contributed by atoms with E-state index in [0.717, 1.165) is 5.69 Å². The van der Waals surface area contributed by atoms with Gasteiger partial charge in [0.2, 0.25) is 5.95 Å². The van der Waals surface area contributed by atoms with Gasteiger partial charge in [0.05, 0.1) is 30.7 Å². The molecule has 2 aromatic heterocycles. The highest BCUT2D eigenvalue weighted by Gasteiger charge is 2.15. The first-order valence-corrected chi connectivity index (χ1v) is 7.84. The van der Waals surface area contributed by atoms with Crippen molar-refractivity contribution in [1.29, 1.82) is 0 Å². The fraction of sp³-hybridized carbons (Fsp3) is 0.188. The maximum atomic E-state index is 13.4. The van der Waals surface area contributed by atoms with Crippen LogP contribution >= 0.6 is 11.6 Å². The van der Waals surface area contributed by atoms with Gasteiger partial charge in [-0.2, -0.15) is 10.1 Å². The molecule has 2 heterocycles. The van der Waals surface area contributed by atoms with Gasteiger partial charge >= 0.3 is 0 Å². The van der Waals surface area contributed by atoms with Crippen molar-refractivity contribution in [2.75, 3.05) is 17.2 Å². The van der Waals surface area contributed by atoms with Crippen LogP contribution in [0.3, 0.4) is 0 Å². The van der Waals surface area contributed by atoms with Crippen LogP contribution in [-0.4, -0.2) is 31.5 Å². The number of benzene rings is 1. The Balaban J connectivity index is 1.82. The minimum atomic E-state index is -0.561. The first-order valence-electron chi connectivity index (χ1n) is 7.46. The predicted molar refractivity (Wildman–Crippen MR) is 93.4 cm³/mol. The van der Waals surface area contributed by atoms with E-state index in [1.165, 1.54) is 18.3 Å². The largest absolute Gasteiger partial charge is 0.394 e. The number of aromatic nitrogens is 4. The van der Waals surface area contributed by atoms with Gasteiger partial charge in [-0.3, -0.25) is 4.68 Å².